The minimum atomic E-state index is -0.395. The van der Waals surface area contributed by atoms with Gasteiger partial charge in [0.15, 0.2) is 0 Å². The Kier molecular flexibility index (Phi) is 5.36. The third-order valence-electron chi connectivity index (χ3n) is 4.90. The molecule has 1 aliphatic heterocycles. The van der Waals surface area contributed by atoms with Crippen LogP contribution in [0.4, 0.5) is 5.69 Å². The number of carbonyl (C=O) groups excluding carboxylic acids is 2. The number of amides is 1. The van der Waals surface area contributed by atoms with Gasteiger partial charge in [0.25, 0.3) is 0 Å². The van der Waals surface area contributed by atoms with Gasteiger partial charge < -0.3 is 10.1 Å². The average molecular weight is 395 g/mol. The molecule has 0 spiro atoms. The largest absolute Gasteiger partial charge is 0.465 e. The van der Waals surface area contributed by atoms with E-state index in [1.165, 1.54) is 11.8 Å². The Bertz CT molecular complexity index is 967. The third kappa shape index (κ3) is 3.90. The summed E-state index contributed by atoms with van der Waals surface area (Å²) >= 11 is 1.71. The Morgan fingerprint density at radius 2 is 2.00 bits per heavy atom. The minimum absolute atomic E-state index is 0.0705. The molecule has 0 saturated carbocycles. The average Bonchev–Trinajstić information content (AvgIpc) is 3.34. The summed E-state index contributed by atoms with van der Waals surface area (Å²) in [6.07, 6.45) is 2.07. The number of ether oxygens (including phenoxy) is 1. The summed E-state index contributed by atoms with van der Waals surface area (Å²) in [6.45, 7) is 1.20. The van der Waals surface area contributed by atoms with Crippen LogP contribution in [0.2, 0.25) is 0 Å². The number of benzene rings is 2. The maximum atomic E-state index is 12.5. The first kappa shape index (κ1) is 18.6. The van der Waals surface area contributed by atoms with Gasteiger partial charge in [0.05, 0.1) is 35.5 Å². The minimum Gasteiger partial charge on any atom is -0.465 e. The first-order chi connectivity index (χ1) is 13.6. The zero-order chi connectivity index (χ0) is 19.5. The first-order valence-electron chi connectivity index (χ1n) is 9.22. The molecule has 6 nitrogen and oxygen atoms in total. The van der Waals surface area contributed by atoms with Crippen LogP contribution in [0.25, 0.3) is 10.2 Å². The van der Waals surface area contributed by atoms with E-state index in [1.807, 2.05) is 18.2 Å². The van der Waals surface area contributed by atoms with Crippen molar-refractivity contribution in [3.05, 3.63) is 59.1 Å². The van der Waals surface area contributed by atoms with Crippen LogP contribution in [-0.2, 0) is 9.53 Å². The predicted octanol–water partition coefficient (Wildman–Crippen LogP) is 3.86. The Morgan fingerprint density at radius 1 is 1.21 bits per heavy atom. The van der Waals surface area contributed by atoms with Crippen molar-refractivity contribution in [3.63, 3.8) is 0 Å². The van der Waals surface area contributed by atoms with Crippen molar-refractivity contribution in [1.82, 2.24) is 9.88 Å². The highest BCUT2D eigenvalue weighted by molar-refractivity contribution is 7.18. The van der Waals surface area contributed by atoms with E-state index in [0.717, 1.165) is 29.9 Å². The number of rotatable bonds is 5. The van der Waals surface area contributed by atoms with Crippen molar-refractivity contribution < 1.29 is 14.3 Å². The SMILES string of the molecule is COC(=O)c1ccc(NC(=O)CN2CCCC2c2nc3ccccc3s2)cc1. The van der Waals surface area contributed by atoms with Gasteiger partial charge in [-0.05, 0) is 55.8 Å². The monoisotopic (exact) mass is 395 g/mol. The second-order valence-corrected chi connectivity index (χ2v) is 7.83. The maximum absolute atomic E-state index is 12.5. The molecule has 0 bridgehead atoms. The molecule has 1 unspecified atom stereocenters. The molecule has 7 heteroatoms. The molecular weight excluding hydrogens is 374 g/mol. The van der Waals surface area contributed by atoms with Gasteiger partial charge >= 0.3 is 5.97 Å². The van der Waals surface area contributed by atoms with Crippen LogP contribution in [-0.4, -0.2) is 42.0 Å². The molecule has 144 valence electrons. The van der Waals surface area contributed by atoms with Gasteiger partial charge in [-0.15, -0.1) is 11.3 Å². The standard InChI is InChI=1S/C21H21N3O3S/c1-27-21(26)14-8-10-15(11-9-14)22-19(25)13-24-12-4-6-17(24)20-23-16-5-2-3-7-18(16)28-20/h2-3,5,7-11,17H,4,6,12-13H2,1H3,(H,22,25). The topological polar surface area (TPSA) is 71.5 Å². The molecular formula is C21H21N3O3S. The van der Waals surface area contributed by atoms with Gasteiger partial charge in [0, 0.05) is 5.69 Å². The van der Waals surface area contributed by atoms with Gasteiger partial charge in [0.1, 0.15) is 5.01 Å². The van der Waals surface area contributed by atoms with Crippen LogP contribution in [0.15, 0.2) is 48.5 Å². The molecule has 2 heterocycles. The maximum Gasteiger partial charge on any atom is 0.337 e. The summed E-state index contributed by atoms with van der Waals surface area (Å²) in [5.41, 5.74) is 2.13. The molecule has 28 heavy (non-hydrogen) atoms. The van der Waals surface area contributed by atoms with Crippen molar-refractivity contribution in [2.24, 2.45) is 0 Å². The molecule has 1 N–H and O–H groups in total. The van der Waals surface area contributed by atoms with Gasteiger partial charge in [-0.25, -0.2) is 9.78 Å². The normalized spacial score (nSPS) is 17.0. The lowest BCUT2D eigenvalue weighted by Gasteiger charge is -2.22. The summed E-state index contributed by atoms with van der Waals surface area (Å²) in [7, 11) is 1.34. The number of hydrogen-bond acceptors (Lipinski definition) is 6. The quantitative estimate of drug-likeness (QED) is 0.664. The fraction of sp³-hybridized carbons (Fsp3) is 0.286. The predicted molar refractivity (Wildman–Crippen MR) is 110 cm³/mol. The molecule has 1 saturated heterocycles. The first-order valence-corrected chi connectivity index (χ1v) is 10.0. The van der Waals surface area contributed by atoms with Crippen LogP contribution in [0.1, 0.15) is 34.2 Å². The molecule has 1 aliphatic rings. The number of likely N-dealkylation sites (tertiary alicyclic amines) is 1. The molecule has 1 atom stereocenters. The van der Waals surface area contributed by atoms with Crippen molar-refractivity contribution in [1.29, 1.82) is 0 Å². The third-order valence-corrected chi connectivity index (χ3v) is 6.03. The van der Waals surface area contributed by atoms with Crippen LogP contribution in [0.3, 0.4) is 0 Å². The highest BCUT2D eigenvalue weighted by Gasteiger charge is 2.30. The van der Waals surface area contributed by atoms with Crippen molar-refractivity contribution in [2.45, 2.75) is 18.9 Å². The van der Waals surface area contributed by atoms with Crippen LogP contribution < -0.4 is 5.32 Å². The van der Waals surface area contributed by atoms with E-state index in [-0.39, 0.29) is 11.9 Å². The van der Waals surface area contributed by atoms with Crippen LogP contribution in [0, 0.1) is 0 Å². The number of anilines is 1. The number of nitrogens with one attached hydrogen (secondary N) is 1. The number of hydrogen-bond donors (Lipinski definition) is 1. The molecule has 1 aromatic heterocycles. The molecule has 3 aromatic rings. The van der Waals surface area contributed by atoms with E-state index in [2.05, 4.69) is 21.0 Å². The number of esters is 1. The Hall–Kier alpha value is -2.77. The lowest BCUT2D eigenvalue weighted by molar-refractivity contribution is -0.117. The van der Waals surface area contributed by atoms with E-state index in [1.54, 1.807) is 35.6 Å². The number of thiazole rings is 1. The second kappa shape index (κ2) is 8.08. The summed E-state index contributed by atoms with van der Waals surface area (Å²) in [6, 6.07) is 15.0. The van der Waals surface area contributed by atoms with Crippen molar-refractivity contribution in [2.75, 3.05) is 25.5 Å². The Labute approximate surface area is 167 Å². The lowest BCUT2D eigenvalue weighted by atomic mass is 10.2. The smallest absolute Gasteiger partial charge is 0.337 e. The second-order valence-electron chi connectivity index (χ2n) is 6.77. The van der Waals surface area contributed by atoms with Gasteiger partial charge in [-0.1, -0.05) is 12.1 Å². The zero-order valence-electron chi connectivity index (χ0n) is 15.6. The molecule has 0 aliphatic carbocycles. The number of nitrogens with zero attached hydrogens (tertiary/aromatic N) is 2. The molecule has 1 fully saturated rings. The number of carbonyl (C=O) groups is 2. The highest BCUT2D eigenvalue weighted by Crippen LogP contribution is 2.36. The zero-order valence-corrected chi connectivity index (χ0v) is 16.4. The molecule has 2 aromatic carbocycles. The van der Waals surface area contributed by atoms with E-state index in [4.69, 9.17) is 4.98 Å². The van der Waals surface area contributed by atoms with Gasteiger partial charge in [0.2, 0.25) is 5.91 Å². The fourth-order valence-electron chi connectivity index (χ4n) is 3.52. The molecule has 1 amide bonds. The van der Waals surface area contributed by atoms with E-state index in [9.17, 15) is 9.59 Å². The number of fused-ring (bicyclic) bond motifs is 1. The lowest BCUT2D eigenvalue weighted by Crippen LogP contribution is -2.32. The molecule has 0 radical (unpaired) electrons. The Morgan fingerprint density at radius 3 is 2.75 bits per heavy atom. The van der Waals surface area contributed by atoms with E-state index < -0.39 is 5.97 Å². The van der Waals surface area contributed by atoms with Gasteiger partial charge in [-0.2, -0.15) is 0 Å². The highest BCUT2D eigenvalue weighted by atomic mass is 32.1. The van der Waals surface area contributed by atoms with E-state index in [0.29, 0.717) is 17.8 Å². The van der Waals surface area contributed by atoms with Gasteiger partial charge in [-0.3, -0.25) is 9.69 Å². The summed E-state index contributed by atoms with van der Waals surface area (Å²) in [4.78, 5) is 31.0. The Balaban J connectivity index is 1.41. The van der Waals surface area contributed by atoms with Crippen molar-refractivity contribution in [3.8, 4) is 0 Å². The summed E-state index contributed by atoms with van der Waals surface area (Å²) in [5, 5.41) is 3.98. The number of methoxy groups -OCH3 is 1. The molecule has 4 rings (SSSR count). The number of para-hydroxylation sites is 1. The van der Waals surface area contributed by atoms with E-state index >= 15 is 0 Å². The van der Waals surface area contributed by atoms with Crippen LogP contribution in [0.5, 0.6) is 0 Å². The summed E-state index contributed by atoms with van der Waals surface area (Å²) in [5.74, 6) is -0.465. The fourth-order valence-corrected chi connectivity index (χ4v) is 4.66. The van der Waals surface area contributed by atoms with Crippen LogP contribution >= 0.6 is 11.3 Å². The summed E-state index contributed by atoms with van der Waals surface area (Å²) < 4.78 is 5.86. The van der Waals surface area contributed by atoms with Crippen molar-refractivity contribution >= 4 is 39.1 Å². The number of aromatic nitrogens is 1.